The summed E-state index contributed by atoms with van der Waals surface area (Å²) in [7, 11) is 0. The number of carbonyl (C=O) groups is 1. The second-order valence-electron chi connectivity index (χ2n) is 3.90. The number of esters is 1. The van der Waals surface area contributed by atoms with Gasteiger partial charge in [-0.05, 0) is 40.0 Å². The van der Waals surface area contributed by atoms with Gasteiger partial charge in [-0.25, -0.2) is 0 Å². The minimum absolute atomic E-state index is 0.0753. The number of rotatable bonds is 7. The van der Waals surface area contributed by atoms with E-state index in [0.29, 0.717) is 6.61 Å². The average molecular weight is 224 g/mol. The van der Waals surface area contributed by atoms with Crippen LogP contribution >= 0.6 is 0 Å². The maximum atomic E-state index is 12.0. The Morgan fingerprint density at radius 2 is 1.62 bits per heavy atom. The summed E-state index contributed by atoms with van der Waals surface area (Å²) in [5.74, 6) is -0.0753. The van der Waals surface area contributed by atoms with Crippen LogP contribution in [0, 0.1) is 5.41 Å². The topological polar surface area (TPSA) is 26.3 Å². The van der Waals surface area contributed by atoms with Crippen LogP contribution in [0.2, 0.25) is 0 Å². The molecule has 0 bridgehead atoms. The Labute approximate surface area is 99.4 Å². The van der Waals surface area contributed by atoms with Gasteiger partial charge in [-0.1, -0.05) is 31.2 Å². The molecule has 0 spiro atoms. The van der Waals surface area contributed by atoms with Crippen molar-refractivity contribution in [3.05, 3.63) is 24.3 Å². The van der Waals surface area contributed by atoms with Crippen LogP contribution in [0.15, 0.2) is 24.3 Å². The first-order valence-corrected chi connectivity index (χ1v) is 6.06. The lowest BCUT2D eigenvalue weighted by molar-refractivity contribution is -0.155. The van der Waals surface area contributed by atoms with Gasteiger partial charge in [0.15, 0.2) is 0 Å². The van der Waals surface area contributed by atoms with E-state index in [0.717, 1.165) is 19.3 Å². The molecule has 0 heterocycles. The fourth-order valence-electron chi connectivity index (χ4n) is 1.65. The van der Waals surface area contributed by atoms with Crippen LogP contribution in [0.4, 0.5) is 0 Å². The van der Waals surface area contributed by atoms with Crippen LogP contribution in [-0.4, -0.2) is 12.6 Å². The Hall–Kier alpha value is -1.05. The molecule has 0 aromatic heterocycles. The molecular formula is C14H24O2. The fraction of sp³-hybridized carbons (Fsp3) is 0.643. The Bertz CT molecular complexity index is 237. The zero-order valence-corrected chi connectivity index (χ0v) is 11.0. The highest BCUT2D eigenvalue weighted by molar-refractivity contribution is 5.77. The lowest BCUT2D eigenvalue weighted by Crippen LogP contribution is -2.31. The van der Waals surface area contributed by atoms with Crippen molar-refractivity contribution in [2.45, 2.75) is 47.0 Å². The van der Waals surface area contributed by atoms with Crippen molar-refractivity contribution >= 4 is 5.97 Å². The molecule has 2 nitrogen and oxygen atoms in total. The molecule has 16 heavy (non-hydrogen) atoms. The minimum atomic E-state index is -0.380. The SMILES string of the molecule is C/C=C/CC(CC)(C/C=C/C)C(=O)OCC. The second kappa shape index (κ2) is 8.14. The highest BCUT2D eigenvalue weighted by atomic mass is 16.5. The molecule has 0 atom stereocenters. The van der Waals surface area contributed by atoms with E-state index < -0.39 is 0 Å². The zero-order valence-electron chi connectivity index (χ0n) is 11.0. The molecule has 0 aliphatic heterocycles. The summed E-state index contributed by atoms with van der Waals surface area (Å²) in [6, 6.07) is 0. The molecule has 0 fully saturated rings. The largest absolute Gasteiger partial charge is 0.466 e. The van der Waals surface area contributed by atoms with Crippen LogP contribution < -0.4 is 0 Å². The molecule has 0 aliphatic rings. The minimum Gasteiger partial charge on any atom is -0.466 e. The standard InChI is InChI=1S/C14H24O2/c1-5-9-11-14(7-3,12-10-6-2)13(15)16-8-4/h5-6,9-10H,7-8,11-12H2,1-4H3/b9-5+,10-6+. The van der Waals surface area contributed by atoms with Crippen molar-refractivity contribution < 1.29 is 9.53 Å². The summed E-state index contributed by atoms with van der Waals surface area (Å²) in [6.07, 6.45) is 10.4. The lowest BCUT2D eigenvalue weighted by atomic mass is 9.78. The van der Waals surface area contributed by atoms with Gasteiger partial charge in [0.05, 0.1) is 12.0 Å². The van der Waals surface area contributed by atoms with E-state index in [4.69, 9.17) is 4.74 Å². The maximum Gasteiger partial charge on any atom is 0.312 e. The quantitative estimate of drug-likeness (QED) is 0.484. The van der Waals surface area contributed by atoms with Crippen LogP contribution in [0.1, 0.15) is 47.0 Å². The van der Waals surface area contributed by atoms with Gasteiger partial charge < -0.3 is 4.74 Å². The number of allylic oxidation sites excluding steroid dienone is 4. The molecule has 0 amide bonds. The first-order chi connectivity index (χ1) is 7.66. The molecule has 0 radical (unpaired) electrons. The van der Waals surface area contributed by atoms with E-state index in [1.165, 1.54) is 0 Å². The predicted octanol–water partition coefficient (Wildman–Crippen LogP) is 3.88. The first kappa shape index (κ1) is 14.9. The molecular weight excluding hydrogens is 200 g/mol. The monoisotopic (exact) mass is 224 g/mol. The third kappa shape index (κ3) is 4.21. The molecule has 0 unspecified atom stereocenters. The van der Waals surface area contributed by atoms with Crippen molar-refractivity contribution in [2.75, 3.05) is 6.61 Å². The second-order valence-corrected chi connectivity index (χ2v) is 3.90. The molecule has 2 heteroatoms. The molecule has 0 N–H and O–H groups in total. The van der Waals surface area contributed by atoms with Crippen LogP contribution in [-0.2, 0) is 9.53 Å². The van der Waals surface area contributed by atoms with E-state index in [2.05, 4.69) is 0 Å². The van der Waals surface area contributed by atoms with Crippen molar-refractivity contribution in [2.24, 2.45) is 5.41 Å². The van der Waals surface area contributed by atoms with E-state index in [1.54, 1.807) is 0 Å². The average Bonchev–Trinajstić information content (AvgIpc) is 2.30. The summed E-state index contributed by atoms with van der Waals surface area (Å²) in [5, 5.41) is 0. The maximum absolute atomic E-state index is 12.0. The fourth-order valence-corrected chi connectivity index (χ4v) is 1.65. The Morgan fingerprint density at radius 3 is 1.94 bits per heavy atom. The number of hydrogen-bond acceptors (Lipinski definition) is 2. The Morgan fingerprint density at radius 1 is 1.12 bits per heavy atom. The van der Waals surface area contributed by atoms with Gasteiger partial charge in [0.25, 0.3) is 0 Å². The summed E-state index contributed by atoms with van der Waals surface area (Å²) in [6.45, 7) is 8.29. The van der Waals surface area contributed by atoms with Crippen LogP contribution in [0.5, 0.6) is 0 Å². The third-order valence-electron chi connectivity index (χ3n) is 2.87. The van der Waals surface area contributed by atoms with Gasteiger partial charge in [0.2, 0.25) is 0 Å². The first-order valence-electron chi connectivity index (χ1n) is 6.06. The van der Waals surface area contributed by atoms with Crippen molar-refractivity contribution in [1.29, 1.82) is 0 Å². The highest BCUT2D eigenvalue weighted by Gasteiger charge is 2.35. The summed E-state index contributed by atoms with van der Waals surface area (Å²) in [5.41, 5.74) is -0.380. The molecule has 0 aliphatic carbocycles. The van der Waals surface area contributed by atoms with Crippen LogP contribution in [0.3, 0.4) is 0 Å². The molecule has 0 saturated heterocycles. The Kier molecular flexibility index (Phi) is 7.61. The van der Waals surface area contributed by atoms with Crippen molar-refractivity contribution in [3.63, 3.8) is 0 Å². The summed E-state index contributed by atoms with van der Waals surface area (Å²) >= 11 is 0. The highest BCUT2D eigenvalue weighted by Crippen LogP contribution is 2.33. The van der Waals surface area contributed by atoms with Crippen molar-refractivity contribution in [1.82, 2.24) is 0 Å². The third-order valence-corrected chi connectivity index (χ3v) is 2.87. The van der Waals surface area contributed by atoms with Crippen LogP contribution in [0.25, 0.3) is 0 Å². The molecule has 0 aromatic carbocycles. The van der Waals surface area contributed by atoms with E-state index in [9.17, 15) is 4.79 Å². The van der Waals surface area contributed by atoms with Gasteiger partial charge in [-0.3, -0.25) is 4.79 Å². The van der Waals surface area contributed by atoms with E-state index >= 15 is 0 Å². The van der Waals surface area contributed by atoms with E-state index in [-0.39, 0.29) is 11.4 Å². The van der Waals surface area contributed by atoms with Gasteiger partial charge in [0, 0.05) is 0 Å². The number of hydrogen-bond donors (Lipinski definition) is 0. The van der Waals surface area contributed by atoms with Crippen molar-refractivity contribution in [3.8, 4) is 0 Å². The van der Waals surface area contributed by atoms with Gasteiger partial charge in [-0.2, -0.15) is 0 Å². The van der Waals surface area contributed by atoms with Gasteiger partial charge in [-0.15, -0.1) is 0 Å². The molecule has 0 aromatic rings. The van der Waals surface area contributed by atoms with Gasteiger partial charge >= 0.3 is 5.97 Å². The predicted molar refractivity (Wildman–Crippen MR) is 68.2 cm³/mol. The van der Waals surface area contributed by atoms with E-state index in [1.807, 2.05) is 52.0 Å². The molecule has 0 saturated carbocycles. The number of ether oxygens (including phenoxy) is 1. The zero-order chi connectivity index (χ0) is 12.4. The molecule has 0 rings (SSSR count). The number of carbonyl (C=O) groups excluding carboxylic acids is 1. The Balaban J connectivity index is 4.85. The lowest BCUT2D eigenvalue weighted by Gasteiger charge is -2.28. The normalized spacial score (nSPS) is 12.5. The summed E-state index contributed by atoms with van der Waals surface area (Å²) in [4.78, 5) is 12.0. The summed E-state index contributed by atoms with van der Waals surface area (Å²) < 4.78 is 5.19. The van der Waals surface area contributed by atoms with Gasteiger partial charge in [0.1, 0.15) is 0 Å². The molecule has 92 valence electrons. The smallest absolute Gasteiger partial charge is 0.312 e.